The minimum atomic E-state index is -1.07. The topological polar surface area (TPSA) is 89.8 Å². The Morgan fingerprint density at radius 3 is 2.84 bits per heavy atom. The Morgan fingerprint density at radius 2 is 2.26 bits per heavy atom. The van der Waals surface area contributed by atoms with Gasteiger partial charge in [-0.05, 0) is 30.4 Å². The first-order valence-corrected chi connectivity index (χ1v) is 6.67. The first-order chi connectivity index (χ1) is 9.08. The number of carboxylic acids is 1. The van der Waals surface area contributed by atoms with E-state index in [2.05, 4.69) is 16.3 Å². The number of hydrogen-bond acceptors (Lipinski definition) is 4. The fourth-order valence-corrected chi connectivity index (χ4v) is 2.35. The molecule has 1 heterocycles. The summed E-state index contributed by atoms with van der Waals surface area (Å²) in [7, 11) is 0. The average molecular weight is 273 g/mol. The first kappa shape index (κ1) is 13.2. The maximum absolute atomic E-state index is 11.2. The third-order valence-electron chi connectivity index (χ3n) is 2.79. The molecule has 96 valence electrons. The van der Waals surface area contributed by atoms with Gasteiger partial charge < -0.3 is 5.11 Å². The Balaban J connectivity index is 2.67. The van der Waals surface area contributed by atoms with Crippen LogP contribution in [0.25, 0.3) is 11.1 Å². The molecule has 0 amide bonds. The van der Waals surface area contributed by atoms with Gasteiger partial charge in [-0.2, -0.15) is 10.4 Å². The smallest absolute Gasteiger partial charge is 0.354 e. The summed E-state index contributed by atoms with van der Waals surface area (Å²) in [5.41, 5.74) is 2.63. The van der Waals surface area contributed by atoms with E-state index in [1.54, 1.807) is 18.2 Å². The van der Waals surface area contributed by atoms with Crippen LogP contribution in [0.1, 0.15) is 21.6 Å². The summed E-state index contributed by atoms with van der Waals surface area (Å²) >= 11 is 1.36. The van der Waals surface area contributed by atoms with Gasteiger partial charge in [0.15, 0.2) is 5.69 Å². The molecule has 0 spiro atoms. The van der Waals surface area contributed by atoms with E-state index >= 15 is 0 Å². The highest BCUT2D eigenvalue weighted by Crippen LogP contribution is 2.32. The SMILES string of the molecule is CSc1n[nH]c(C(=O)O)c1-c1ccc(C)c(C#N)c1. The van der Waals surface area contributed by atoms with Crippen LogP contribution in [0.2, 0.25) is 0 Å². The number of hydrogen-bond donors (Lipinski definition) is 2. The van der Waals surface area contributed by atoms with Crippen LogP contribution in [-0.2, 0) is 0 Å². The third kappa shape index (κ3) is 2.33. The number of aromatic nitrogens is 2. The average Bonchev–Trinajstić information content (AvgIpc) is 2.83. The van der Waals surface area contributed by atoms with Gasteiger partial charge in [0.2, 0.25) is 0 Å². The maximum Gasteiger partial charge on any atom is 0.354 e. The van der Waals surface area contributed by atoms with E-state index in [1.807, 2.05) is 13.2 Å². The molecule has 0 atom stereocenters. The van der Waals surface area contributed by atoms with Crippen LogP contribution in [0, 0.1) is 18.3 Å². The summed E-state index contributed by atoms with van der Waals surface area (Å²) in [5.74, 6) is -1.07. The lowest BCUT2D eigenvalue weighted by Crippen LogP contribution is -1.99. The van der Waals surface area contributed by atoms with Crippen molar-refractivity contribution in [3.05, 3.63) is 35.0 Å². The van der Waals surface area contributed by atoms with Gasteiger partial charge in [-0.25, -0.2) is 4.79 Å². The molecule has 0 saturated carbocycles. The predicted octanol–water partition coefficient (Wildman–Crippen LogP) is 2.68. The number of aromatic carboxylic acids is 1. The molecule has 2 N–H and O–H groups in total. The van der Waals surface area contributed by atoms with Gasteiger partial charge in [-0.3, -0.25) is 5.10 Å². The minimum absolute atomic E-state index is 0.0390. The number of aryl methyl sites for hydroxylation is 1. The zero-order valence-electron chi connectivity index (χ0n) is 10.4. The standard InChI is InChI=1S/C13H11N3O2S/c1-7-3-4-8(5-9(7)6-14)10-11(13(17)18)15-16-12(10)19-2/h3-5H,1-2H3,(H,15,16)(H,17,18). The molecule has 5 nitrogen and oxygen atoms in total. The summed E-state index contributed by atoms with van der Waals surface area (Å²) in [6.07, 6.45) is 1.82. The Hall–Kier alpha value is -2.26. The molecule has 0 saturated heterocycles. The Kier molecular flexibility index (Phi) is 3.58. The summed E-state index contributed by atoms with van der Waals surface area (Å²) in [6.45, 7) is 1.84. The quantitative estimate of drug-likeness (QED) is 0.839. The Morgan fingerprint density at radius 1 is 1.53 bits per heavy atom. The molecule has 0 aliphatic heterocycles. The highest BCUT2D eigenvalue weighted by Gasteiger charge is 2.20. The number of aromatic amines is 1. The van der Waals surface area contributed by atoms with Crippen molar-refractivity contribution in [3.8, 4) is 17.2 Å². The summed E-state index contributed by atoms with van der Waals surface area (Å²) in [4.78, 5) is 11.2. The van der Waals surface area contributed by atoms with Gasteiger partial charge in [-0.15, -0.1) is 11.8 Å². The lowest BCUT2D eigenvalue weighted by molar-refractivity contribution is 0.0691. The number of carboxylic acid groups (broad SMARTS) is 1. The summed E-state index contributed by atoms with van der Waals surface area (Å²) in [5, 5.41) is 25.3. The van der Waals surface area contributed by atoms with Gasteiger partial charge in [0.1, 0.15) is 5.03 Å². The number of thioether (sulfide) groups is 1. The molecule has 0 aliphatic rings. The van der Waals surface area contributed by atoms with Gasteiger partial charge in [0.25, 0.3) is 0 Å². The number of H-pyrrole nitrogens is 1. The summed E-state index contributed by atoms with van der Waals surface area (Å²) < 4.78 is 0. The van der Waals surface area contributed by atoms with E-state index in [0.29, 0.717) is 21.7 Å². The number of benzene rings is 1. The molecule has 2 rings (SSSR count). The second-order valence-corrected chi connectivity index (χ2v) is 4.72. The van der Waals surface area contributed by atoms with Crippen molar-refractivity contribution in [3.63, 3.8) is 0 Å². The van der Waals surface area contributed by atoms with Crippen LogP contribution >= 0.6 is 11.8 Å². The van der Waals surface area contributed by atoms with Crippen molar-refractivity contribution in [1.82, 2.24) is 10.2 Å². The van der Waals surface area contributed by atoms with E-state index in [9.17, 15) is 9.90 Å². The van der Waals surface area contributed by atoms with E-state index in [0.717, 1.165) is 5.56 Å². The second-order valence-electron chi connectivity index (χ2n) is 3.93. The van der Waals surface area contributed by atoms with Crippen molar-refractivity contribution in [2.24, 2.45) is 0 Å². The molecule has 0 fully saturated rings. The second kappa shape index (κ2) is 5.16. The Labute approximate surface area is 114 Å². The van der Waals surface area contributed by atoms with Crippen LogP contribution in [0.3, 0.4) is 0 Å². The highest BCUT2D eigenvalue weighted by atomic mass is 32.2. The molecule has 2 aromatic rings. The van der Waals surface area contributed by atoms with Crippen molar-refractivity contribution >= 4 is 17.7 Å². The molecule has 0 aliphatic carbocycles. The van der Waals surface area contributed by atoms with Crippen LogP contribution in [0.4, 0.5) is 0 Å². The lowest BCUT2D eigenvalue weighted by atomic mass is 10.0. The van der Waals surface area contributed by atoms with Gasteiger partial charge in [0.05, 0.1) is 11.6 Å². The third-order valence-corrected chi connectivity index (χ3v) is 3.47. The van der Waals surface area contributed by atoms with E-state index in [-0.39, 0.29) is 5.69 Å². The van der Waals surface area contributed by atoms with Crippen molar-refractivity contribution < 1.29 is 9.90 Å². The van der Waals surface area contributed by atoms with E-state index in [1.165, 1.54) is 11.8 Å². The molecule has 0 unspecified atom stereocenters. The summed E-state index contributed by atoms with van der Waals surface area (Å²) in [6, 6.07) is 7.39. The van der Waals surface area contributed by atoms with Crippen molar-refractivity contribution in [1.29, 1.82) is 5.26 Å². The zero-order chi connectivity index (χ0) is 14.0. The largest absolute Gasteiger partial charge is 0.477 e. The van der Waals surface area contributed by atoms with Crippen molar-refractivity contribution in [2.75, 3.05) is 6.26 Å². The Bertz CT molecular complexity index is 686. The minimum Gasteiger partial charge on any atom is -0.477 e. The van der Waals surface area contributed by atoms with Gasteiger partial charge >= 0.3 is 5.97 Å². The molecule has 0 bridgehead atoms. The van der Waals surface area contributed by atoms with Gasteiger partial charge in [-0.1, -0.05) is 12.1 Å². The predicted molar refractivity (Wildman–Crippen MR) is 72.2 cm³/mol. The number of carbonyl (C=O) groups is 1. The monoisotopic (exact) mass is 273 g/mol. The number of rotatable bonds is 3. The van der Waals surface area contributed by atoms with E-state index in [4.69, 9.17) is 5.26 Å². The van der Waals surface area contributed by atoms with Gasteiger partial charge in [0, 0.05) is 5.56 Å². The molecular formula is C13H11N3O2S. The first-order valence-electron chi connectivity index (χ1n) is 5.45. The lowest BCUT2D eigenvalue weighted by Gasteiger charge is -2.05. The normalized spacial score (nSPS) is 10.2. The van der Waals surface area contributed by atoms with Crippen molar-refractivity contribution in [2.45, 2.75) is 11.9 Å². The zero-order valence-corrected chi connectivity index (χ0v) is 11.2. The number of nitrogens with one attached hydrogen (secondary N) is 1. The maximum atomic E-state index is 11.2. The van der Waals surface area contributed by atoms with Crippen LogP contribution in [-0.4, -0.2) is 27.5 Å². The number of nitrogens with zero attached hydrogens (tertiary/aromatic N) is 2. The highest BCUT2D eigenvalue weighted by molar-refractivity contribution is 7.98. The molecule has 19 heavy (non-hydrogen) atoms. The van der Waals surface area contributed by atoms with E-state index < -0.39 is 5.97 Å². The van der Waals surface area contributed by atoms with Crippen LogP contribution in [0.5, 0.6) is 0 Å². The molecule has 6 heteroatoms. The molecule has 1 aromatic heterocycles. The molecule has 0 radical (unpaired) electrons. The fourth-order valence-electron chi connectivity index (χ4n) is 1.79. The number of nitriles is 1. The van der Waals surface area contributed by atoms with Crippen LogP contribution in [0.15, 0.2) is 23.2 Å². The van der Waals surface area contributed by atoms with Crippen LogP contribution < -0.4 is 0 Å². The molecular weight excluding hydrogens is 262 g/mol. The fraction of sp³-hybridized carbons (Fsp3) is 0.154. The molecule has 1 aromatic carbocycles.